The van der Waals surface area contributed by atoms with Gasteiger partial charge in [0, 0.05) is 6.54 Å². The third-order valence-corrected chi connectivity index (χ3v) is 1.71. The summed E-state index contributed by atoms with van der Waals surface area (Å²) in [7, 11) is 1.77. The van der Waals surface area contributed by atoms with Crippen LogP contribution >= 0.6 is 0 Å². The van der Waals surface area contributed by atoms with Gasteiger partial charge in [-0.2, -0.15) is 5.26 Å². The van der Waals surface area contributed by atoms with Crippen molar-refractivity contribution < 1.29 is 4.39 Å². The Labute approximate surface area is 53.9 Å². The van der Waals surface area contributed by atoms with Crippen LogP contribution in [0, 0.1) is 11.3 Å². The highest BCUT2D eigenvalue weighted by Gasteiger charge is 2.31. The molecule has 2 nitrogen and oxygen atoms in total. The molecule has 0 aliphatic carbocycles. The molecule has 9 heavy (non-hydrogen) atoms. The number of hydrogen-bond acceptors (Lipinski definition) is 2. The highest BCUT2D eigenvalue weighted by atomic mass is 19.1. The Morgan fingerprint density at radius 3 is 2.67 bits per heavy atom. The molecule has 3 heteroatoms. The molecule has 0 saturated carbocycles. The third kappa shape index (κ3) is 1.03. The second-order valence-corrected chi connectivity index (χ2v) is 2.36. The quantitative estimate of drug-likeness (QED) is 0.476. The normalized spacial score (nSPS) is 36.6. The molecule has 0 bridgehead atoms. The van der Waals surface area contributed by atoms with E-state index in [1.54, 1.807) is 11.9 Å². The summed E-state index contributed by atoms with van der Waals surface area (Å²) >= 11 is 0. The number of alkyl halides is 1. The molecule has 1 aliphatic heterocycles. The van der Waals surface area contributed by atoms with Crippen molar-refractivity contribution in [3.63, 3.8) is 0 Å². The molecule has 1 rings (SSSR count). The lowest BCUT2D eigenvalue weighted by Crippen LogP contribution is -2.28. The molecule has 2 atom stereocenters. The van der Waals surface area contributed by atoms with Gasteiger partial charge in [-0.3, -0.25) is 4.90 Å². The highest BCUT2D eigenvalue weighted by Crippen LogP contribution is 2.17. The van der Waals surface area contributed by atoms with E-state index in [-0.39, 0.29) is 0 Å². The summed E-state index contributed by atoms with van der Waals surface area (Å²) in [4.78, 5) is 1.74. The van der Waals surface area contributed by atoms with Crippen LogP contribution in [0.4, 0.5) is 4.39 Å². The fourth-order valence-corrected chi connectivity index (χ4v) is 1.08. The molecule has 2 unspecified atom stereocenters. The molecule has 1 fully saturated rings. The van der Waals surface area contributed by atoms with Gasteiger partial charge in [-0.05, 0) is 13.5 Å². The second-order valence-electron chi connectivity index (χ2n) is 2.36. The van der Waals surface area contributed by atoms with E-state index in [0.717, 1.165) is 0 Å². The third-order valence-electron chi connectivity index (χ3n) is 1.71. The molecule has 1 aliphatic rings. The molecular formula is C6H9FN2. The van der Waals surface area contributed by atoms with Crippen molar-refractivity contribution in [2.24, 2.45) is 0 Å². The Morgan fingerprint density at radius 2 is 2.44 bits per heavy atom. The van der Waals surface area contributed by atoms with Crippen molar-refractivity contribution in [3.05, 3.63) is 0 Å². The molecule has 0 radical (unpaired) electrons. The lowest BCUT2D eigenvalue weighted by atomic mass is 10.2. The fraction of sp³-hybridized carbons (Fsp3) is 0.833. The summed E-state index contributed by atoms with van der Waals surface area (Å²) in [6, 6.07) is 1.42. The summed E-state index contributed by atoms with van der Waals surface area (Å²) in [6.07, 6.45) is -0.422. The van der Waals surface area contributed by atoms with E-state index >= 15 is 0 Å². The van der Waals surface area contributed by atoms with Crippen molar-refractivity contribution in [2.45, 2.75) is 18.6 Å². The molecule has 0 aromatic heterocycles. The first kappa shape index (κ1) is 6.50. The van der Waals surface area contributed by atoms with Gasteiger partial charge in [-0.15, -0.1) is 0 Å². The van der Waals surface area contributed by atoms with Crippen molar-refractivity contribution in [2.75, 3.05) is 13.6 Å². The van der Waals surface area contributed by atoms with Gasteiger partial charge in [0.2, 0.25) is 0 Å². The second kappa shape index (κ2) is 2.32. The van der Waals surface area contributed by atoms with E-state index in [2.05, 4.69) is 0 Å². The molecule has 0 amide bonds. The van der Waals surface area contributed by atoms with E-state index in [9.17, 15) is 4.39 Å². The predicted octanol–water partition coefficient (Wildman–Crippen LogP) is 0.552. The standard InChI is InChI=1S/C6H9FN2/c1-9-3-2-5(7)6(9)4-8/h5-6H,2-3H2,1H3. The zero-order valence-corrected chi connectivity index (χ0v) is 5.34. The zero-order valence-electron chi connectivity index (χ0n) is 5.34. The lowest BCUT2D eigenvalue weighted by Gasteiger charge is -2.11. The van der Waals surface area contributed by atoms with Crippen LogP contribution in [0.5, 0.6) is 0 Å². The Bertz CT molecular complexity index is 130. The summed E-state index contributed by atoms with van der Waals surface area (Å²) in [5.41, 5.74) is 0. The number of likely N-dealkylation sites (tertiary alicyclic amines) is 1. The molecule has 1 heterocycles. The molecule has 0 aromatic rings. The number of hydrogen-bond donors (Lipinski definition) is 0. The number of halogens is 1. The maximum absolute atomic E-state index is 12.6. The Morgan fingerprint density at radius 1 is 1.78 bits per heavy atom. The summed E-state index contributed by atoms with van der Waals surface area (Å²) in [6.45, 7) is 0.708. The number of nitriles is 1. The van der Waals surface area contributed by atoms with Crippen LogP contribution in [-0.2, 0) is 0 Å². The zero-order chi connectivity index (χ0) is 6.85. The maximum Gasteiger partial charge on any atom is 0.130 e. The molecular weight excluding hydrogens is 119 g/mol. The van der Waals surface area contributed by atoms with Crippen LogP contribution in [0.15, 0.2) is 0 Å². The van der Waals surface area contributed by atoms with Gasteiger partial charge in [0.05, 0.1) is 6.07 Å². The van der Waals surface area contributed by atoms with Crippen LogP contribution in [0.3, 0.4) is 0 Å². The number of nitrogens with zero attached hydrogens (tertiary/aromatic N) is 2. The first-order valence-electron chi connectivity index (χ1n) is 2.99. The maximum atomic E-state index is 12.6. The predicted molar refractivity (Wildman–Crippen MR) is 31.5 cm³/mol. The van der Waals surface area contributed by atoms with Crippen molar-refractivity contribution in [1.29, 1.82) is 5.26 Å². The molecule has 50 valence electrons. The Balaban J connectivity index is 2.57. The SMILES string of the molecule is CN1CCC(F)C1C#N. The van der Waals surface area contributed by atoms with Crippen molar-refractivity contribution >= 4 is 0 Å². The fourth-order valence-electron chi connectivity index (χ4n) is 1.08. The smallest absolute Gasteiger partial charge is 0.130 e. The molecule has 1 saturated heterocycles. The topological polar surface area (TPSA) is 27.0 Å². The minimum Gasteiger partial charge on any atom is -0.289 e. The van der Waals surface area contributed by atoms with Gasteiger partial charge in [0.1, 0.15) is 12.2 Å². The monoisotopic (exact) mass is 128 g/mol. The van der Waals surface area contributed by atoms with Gasteiger partial charge < -0.3 is 0 Å². The van der Waals surface area contributed by atoms with E-state index in [4.69, 9.17) is 5.26 Å². The van der Waals surface area contributed by atoms with Gasteiger partial charge in [-0.25, -0.2) is 4.39 Å². The Hall–Kier alpha value is -0.620. The summed E-state index contributed by atoms with van der Waals surface area (Å²) in [5, 5.41) is 8.38. The molecule has 0 aromatic carbocycles. The van der Waals surface area contributed by atoms with E-state index in [1.165, 1.54) is 0 Å². The average molecular weight is 128 g/mol. The summed E-state index contributed by atoms with van der Waals surface area (Å²) < 4.78 is 12.6. The molecule has 0 spiro atoms. The van der Waals surface area contributed by atoms with E-state index < -0.39 is 12.2 Å². The van der Waals surface area contributed by atoms with E-state index in [0.29, 0.717) is 13.0 Å². The number of rotatable bonds is 0. The van der Waals surface area contributed by atoms with Crippen LogP contribution in [0.1, 0.15) is 6.42 Å². The van der Waals surface area contributed by atoms with Crippen LogP contribution in [-0.4, -0.2) is 30.7 Å². The average Bonchev–Trinajstić information content (AvgIpc) is 2.12. The minimum absolute atomic E-state index is 0.495. The van der Waals surface area contributed by atoms with E-state index in [1.807, 2.05) is 6.07 Å². The van der Waals surface area contributed by atoms with Crippen molar-refractivity contribution in [1.82, 2.24) is 4.90 Å². The lowest BCUT2D eigenvalue weighted by molar-refractivity contribution is 0.268. The van der Waals surface area contributed by atoms with Crippen molar-refractivity contribution in [3.8, 4) is 6.07 Å². The van der Waals surface area contributed by atoms with Gasteiger partial charge >= 0.3 is 0 Å². The highest BCUT2D eigenvalue weighted by molar-refractivity contribution is 5.00. The van der Waals surface area contributed by atoms with Crippen LogP contribution in [0.25, 0.3) is 0 Å². The van der Waals surface area contributed by atoms with Crippen LogP contribution < -0.4 is 0 Å². The van der Waals surface area contributed by atoms with Gasteiger partial charge in [-0.1, -0.05) is 0 Å². The molecule has 0 N–H and O–H groups in total. The summed E-state index contributed by atoms with van der Waals surface area (Å²) in [5.74, 6) is 0. The van der Waals surface area contributed by atoms with Crippen LogP contribution in [0.2, 0.25) is 0 Å². The first-order chi connectivity index (χ1) is 4.25. The van der Waals surface area contributed by atoms with Gasteiger partial charge in [0.15, 0.2) is 0 Å². The first-order valence-corrected chi connectivity index (χ1v) is 2.99. The minimum atomic E-state index is -0.931. The van der Waals surface area contributed by atoms with Gasteiger partial charge in [0.25, 0.3) is 0 Å². The Kier molecular flexibility index (Phi) is 1.68. The largest absolute Gasteiger partial charge is 0.289 e.